The van der Waals surface area contributed by atoms with Gasteiger partial charge in [0.2, 0.25) is 11.7 Å². The molecule has 0 aromatic heterocycles. The van der Waals surface area contributed by atoms with E-state index in [-0.39, 0.29) is 6.04 Å². The zero-order chi connectivity index (χ0) is 15.3. The second-order valence-corrected chi connectivity index (χ2v) is 5.70. The Balaban J connectivity index is 3.00. The van der Waals surface area contributed by atoms with Crippen molar-refractivity contribution in [1.29, 1.82) is 0 Å². The smallest absolute Gasteiger partial charge is 0.287 e. The predicted molar refractivity (Wildman–Crippen MR) is 75.8 cm³/mol. The molecular weight excluding hydrogens is 258 g/mol. The van der Waals surface area contributed by atoms with E-state index in [1.165, 1.54) is 0 Å². The first-order valence-corrected chi connectivity index (χ1v) is 7.24. The van der Waals surface area contributed by atoms with Crippen LogP contribution in [0, 0.1) is 5.92 Å². The quantitative estimate of drug-likeness (QED) is 0.577. The van der Waals surface area contributed by atoms with Crippen LogP contribution in [0.5, 0.6) is 0 Å². The van der Waals surface area contributed by atoms with E-state index < -0.39 is 29.1 Å². The summed E-state index contributed by atoms with van der Waals surface area (Å²) in [7, 11) is 0. The Bertz CT molecular complexity index is 387. The molecule has 0 aromatic carbocycles. The van der Waals surface area contributed by atoms with E-state index in [9.17, 15) is 14.4 Å². The standard InChI is InChI=1S/C14H25N3O3/c1-4-6-10(11(18)12(19)17-9(2)3)14(13(15)20)7-5-8-16-14/h9-10,16H,4-8H2,1-3H3,(H2,15,20)(H,17,19)/t10-,14?/m1/s1. The summed E-state index contributed by atoms with van der Waals surface area (Å²) < 4.78 is 0. The van der Waals surface area contributed by atoms with Crippen LogP contribution >= 0.6 is 0 Å². The first-order valence-electron chi connectivity index (χ1n) is 7.24. The summed E-state index contributed by atoms with van der Waals surface area (Å²) in [5.41, 5.74) is 4.45. The Morgan fingerprint density at radius 1 is 1.35 bits per heavy atom. The van der Waals surface area contributed by atoms with Crippen molar-refractivity contribution in [2.45, 2.75) is 58.0 Å². The zero-order valence-electron chi connectivity index (χ0n) is 12.5. The van der Waals surface area contributed by atoms with Crippen molar-refractivity contribution in [3.8, 4) is 0 Å². The van der Waals surface area contributed by atoms with Gasteiger partial charge in [0, 0.05) is 6.04 Å². The minimum atomic E-state index is -1.07. The largest absolute Gasteiger partial charge is 0.368 e. The van der Waals surface area contributed by atoms with Crippen molar-refractivity contribution >= 4 is 17.6 Å². The number of amides is 2. The molecule has 1 aliphatic heterocycles. The number of ketones is 1. The zero-order valence-corrected chi connectivity index (χ0v) is 12.5. The lowest BCUT2D eigenvalue weighted by Gasteiger charge is -2.33. The minimum absolute atomic E-state index is 0.116. The molecule has 0 spiro atoms. The number of nitrogens with one attached hydrogen (secondary N) is 2. The van der Waals surface area contributed by atoms with Gasteiger partial charge in [0.15, 0.2) is 0 Å². The topological polar surface area (TPSA) is 101 Å². The molecule has 0 radical (unpaired) electrons. The molecule has 1 saturated heterocycles. The highest BCUT2D eigenvalue weighted by atomic mass is 16.2. The van der Waals surface area contributed by atoms with Crippen LogP contribution in [-0.4, -0.2) is 35.7 Å². The summed E-state index contributed by atoms with van der Waals surface area (Å²) in [4.78, 5) is 36.2. The molecule has 6 heteroatoms. The molecule has 1 rings (SSSR count). The third-order valence-corrected chi connectivity index (χ3v) is 3.76. The number of nitrogens with two attached hydrogens (primary N) is 1. The number of carbonyl (C=O) groups excluding carboxylic acids is 3. The van der Waals surface area contributed by atoms with E-state index in [0.717, 1.165) is 6.42 Å². The summed E-state index contributed by atoms with van der Waals surface area (Å²) in [6.07, 6.45) is 2.47. The minimum Gasteiger partial charge on any atom is -0.368 e. The first kappa shape index (κ1) is 16.6. The van der Waals surface area contributed by atoms with Crippen LogP contribution in [0.3, 0.4) is 0 Å². The Morgan fingerprint density at radius 3 is 2.40 bits per heavy atom. The monoisotopic (exact) mass is 283 g/mol. The van der Waals surface area contributed by atoms with Gasteiger partial charge in [-0.1, -0.05) is 13.3 Å². The van der Waals surface area contributed by atoms with Gasteiger partial charge in [-0.15, -0.1) is 0 Å². The summed E-state index contributed by atoms with van der Waals surface area (Å²) in [6, 6.07) is -0.116. The number of primary amides is 1. The van der Waals surface area contributed by atoms with E-state index in [4.69, 9.17) is 5.73 Å². The van der Waals surface area contributed by atoms with Crippen LogP contribution in [0.4, 0.5) is 0 Å². The van der Waals surface area contributed by atoms with Gasteiger partial charge in [-0.2, -0.15) is 0 Å². The predicted octanol–water partition coefficient (Wildman–Crippen LogP) is 0.104. The van der Waals surface area contributed by atoms with Crippen molar-refractivity contribution in [3.05, 3.63) is 0 Å². The molecule has 1 fully saturated rings. The summed E-state index contributed by atoms with van der Waals surface area (Å²) in [5.74, 6) is -2.41. The number of hydrogen-bond donors (Lipinski definition) is 3. The molecule has 0 bridgehead atoms. The SMILES string of the molecule is CCC[C@H](C(=O)C(=O)NC(C)C)C1(C(N)=O)CCCN1. The lowest BCUT2D eigenvalue weighted by Crippen LogP contribution is -2.60. The number of rotatable bonds is 7. The summed E-state index contributed by atoms with van der Waals surface area (Å²) >= 11 is 0. The molecule has 2 amide bonds. The Kier molecular flexibility index (Phi) is 5.68. The number of hydrogen-bond acceptors (Lipinski definition) is 4. The van der Waals surface area contributed by atoms with Crippen LogP contribution < -0.4 is 16.4 Å². The molecule has 6 nitrogen and oxygen atoms in total. The number of Topliss-reactive ketones (excluding diaryl/α,β-unsaturated/α-hetero) is 1. The molecule has 4 N–H and O–H groups in total. The maximum Gasteiger partial charge on any atom is 0.287 e. The molecule has 1 aliphatic rings. The van der Waals surface area contributed by atoms with Crippen LogP contribution in [0.1, 0.15) is 46.5 Å². The van der Waals surface area contributed by atoms with E-state index in [0.29, 0.717) is 25.8 Å². The second-order valence-electron chi connectivity index (χ2n) is 5.70. The van der Waals surface area contributed by atoms with Crippen LogP contribution in [-0.2, 0) is 14.4 Å². The lowest BCUT2D eigenvalue weighted by molar-refractivity contribution is -0.144. The van der Waals surface area contributed by atoms with Gasteiger partial charge >= 0.3 is 0 Å². The highest BCUT2D eigenvalue weighted by Gasteiger charge is 2.50. The van der Waals surface area contributed by atoms with Crippen molar-refractivity contribution in [1.82, 2.24) is 10.6 Å². The molecule has 2 atom stereocenters. The molecule has 114 valence electrons. The van der Waals surface area contributed by atoms with Gasteiger partial charge in [-0.05, 0) is 39.7 Å². The van der Waals surface area contributed by atoms with Gasteiger partial charge in [0.05, 0.1) is 5.92 Å². The second kappa shape index (κ2) is 6.83. The van der Waals surface area contributed by atoms with E-state index in [2.05, 4.69) is 10.6 Å². The van der Waals surface area contributed by atoms with Crippen molar-refractivity contribution in [2.24, 2.45) is 11.7 Å². The first-order chi connectivity index (χ1) is 9.35. The Labute approximate surface area is 119 Å². The maximum atomic E-state index is 12.4. The van der Waals surface area contributed by atoms with Crippen molar-refractivity contribution in [2.75, 3.05) is 6.54 Å². The lowest BCUT2D eigenvalue weighted by atomic mass is 9.76. The van der Waals surface area contributed by atoms with Gasteiger partial charge in [0.1, 0.15) is 5.54 Å². The van der Waals surface area contributed by atoms with Crippen LogP contribution in [0.2, 0.25) is 0 Å². The van der Waals surface area contributed by atoms with Gasteiger partial charge in [0.25, 0.3) is 5.91 Å². The Hall–Kier alpha value is -1.43. The molecule has 0 saturated carbocycles. The fourth-order valence-electron chi connectivity index (χ4n) is 2.83. The van der Waals surface area contributed by atoms with Gasteiger partial charge in [-0.3, -0.25) is 14.4 Å². The van der Waals surface area contributed by atoms with Gasteiger partial charge in [-0.25, -0.2) is 0 Å². The molecule has 1 unspecified atom stereocenters. The van der Waals surface area contributed by atoms with Crippen molar-refractivity contribution in [3.63, 3.8) is 0 Å². The third-order valence-electron chi connectivity index (χ3n) is 3.76. The Morgan fingerprint density at radius 2 is 2.00 bits per heavy atom. The fraction of sp³-hybridized carbons (Fsp3) is 0.786. The van der Waals surface area contributed by atoms with Crippen molar-refractivity contribution < 1.29 is 14.4 Å². The third kappa shape index (κ3) is 3.36. The van der Waals surface area contributed by atoms with Crippen LogP contribution in [0.25, 0.3) is 0 Å². The fourth-order valence-corrected chi connectivity index (χ4v) is 2.83. The highest BCUT2D eigenvalue weighted by molar-refractivity contribution is 6.37. The average molecular weight is 283 g/mol. The highest BCUT2D eigenvalue weighted by Crippen LogP contribution is 2.31. The normalized spacial score (nSPS) is 23.6. The van der Waals surface area contributed by atoms with E-state index >= 15 is 0 Å². The van der Waals surface area contributed by atoms with Crippen LogP contribution in [0.15, 0.2) is 0 Å². The number of carbonyl (C=O) groups is 3. The maximum absolute atomic E-state index is 12.4. The molecule has 1 heterocycles. The molecule has 20 heavy (non-hydrogen) atoms. The average Bonchev–Trinajstić information content (AvgIpc) is 2.84. The van der Waals surface area contributed by atoms with Gasteiger partial charge < -0.3 is 16.4 Å². The summed E-state index contributed by atoms with van der Waals surface area (Å²) in [6.45, 7) is 6.14. The van der Waals surface area contributed by atoms with E-state index in [1.807, 2.05) is 6.92 Å². The molecule has 0 aromatic rings. The van der Waals surface area contributed by atoms with E-state index in [1.54, 1.807) is 13.8 Å². The summed E-state index contributed by atoms with van der Waals surface area (Å²) in [5, 5.41) is 5.66. The molecule has 0 aliphatic carbocycles. The molecular formula is C14H25N3O3.